The zero-order valence-electron chi connectivity index (χ0n) is 10.3. The zero-order chi connectivity index (χ0) is 13.0. The minimum Gasteiger partial charge on any atom is -0.295 e. The summed E-state index contributed by atoms with van der Waals surface area (Å²) in [4.78, 5) is 2.26. The van der Waals surface area contributed by atoms with E-state index in [1.165, 1.54) is 31.7 Å². The maximum atomic E-state index is 13.7. The van der Waals surface area contributed by atoms with Gasteiger partial charge in [-0.2, -0.15) is 0 Å². The van der Waals surface area contributed by atoms with E-state index >= 15 is 0 Å². The van der Waals surface area contributed by atoms with Gasteiger partial charge in [0.15, 0.2) is 11.6 Å². The Morgan fingerprint density at radius 3 is 2.61 bits per heavy atom. The van der Waals surface area contributed by atoms with Crippen LogP contribution in [0.3, 0.4) is 0 Å². The number of halogens is 3. The molecule has 0 radical (unpaired) electrons. The molecule has 0 aliphatic heterocycles. The summed E-state index contributed by atoms with van der Waals surface area (Å²) in [5.74, 6) is -1.45. The van der Waals surface area contributed by atoms with E-state index in [0.717, 1.165) is 11.9 Å². The van der Waals surface area contributed by atoms with Gasteiger partial charge < -0.3 is 0 Å². The molecule has 100 valence electrons. The first-order chi connectivity index (χ1) is 8.72. The lowest BCUT2D eigenvalue weighted by Gasteiger charge is -2.28. The number of rotatable bonds is 5. The maximum Gasteiger partial charge on any atom is 0.163 e. The monoisotopic (exact) mass is 317 g/mol. The first-order valence-corrected chi connectivity index (χ1v) is 7.57. The summed E-state index contributed by atoms with van der Waals surface area (Å²) >= 11 is 3.43. The van der Waals surface area contributed by atoms with Gasteiger partial charge >= 0.3 is 0 Å². The highest BCUT2D eigenvalue weighted by atomic mass is 79.9. The van der Waals surface area contributed by atoms with Gasteiger partial charge in [-0.1, -0.05) is 40.9 Å². The molecule has 0 aromatic heterocycles. The van der Waals surface area contributed by atoms with E-state index in [1.807, 2.05) is 0 Å². The second-order valence-electron chi connectivity index (χ2n) is 4.81. The molecule has 1 nitrogen and oxygen atoms in total. The van der Waals surface area contributed by atoms with Crippen LogP contribution in [0.25, 0.3) is 0 Å². The third-order valence-corrected chi connectivity index (χ3v) is 3.97. The van der Waals surface area contributed by atoms with Gasteiger partial charge in [-0.15, -0.1) is 0 Å². The lowest BCUT2D eigenvalue weighted by molar-refractivity contribution is 0.199. The third kappa shape index (κ3) is 3.29. The summed E-state index contributed by atoms with van der Waals surface area (Å²) in [7, 11) is 0. The fourth-order valence-electron chi connectivity index (χ4n) is 2.66. The SMILES string of the molecule is Fc1cccc(CN(CCBr)C2CCCC2)c1F. The maximum absolute atomic E-state index is 13.7. The predicted molar refractivity (Wildman–Crippen MR) is 72.8 cm³/mol. The molecule has 4 heteroatoms. The smallest absolute Gasteiger partial charge is 0.163 e. The number of nitrogens with zero attached hydrogens (tertiary/aromatic N) is 1. The summed E-state index contributed by atoms with van der Waals surface area (Å²) < 4.78 is 26.9. The summed E-state index contributed by atoms with van der Waals surface area (Å²) in [5.41, 5.74) is 0.461. The molecular weight excluding hydrogens is 300 g/mol. The van der Waals surface area contributed by atoms with E-state index in [9.17, 15) is 8.78 Å². The summed E-state index contributed by atoms with van der Waals surface area (Å²) in [6, 6.07) is 4.94. The van der Waals surface area contributed by atoms with Crippen LogP contribution in [0.5, 0.6) is 0 Å². The Morgan fingerprint density at radius 1 is 1.22 bits per heavy atom. The van der Waals surface area contributed by atoms with Crippen LogP contribution in [0.15, 0.2) is 18.2 Å². The second-order valence-corrected chi connectivity index (χ2v) is 5.60. The van der Waals surface area contributed by atoms with Crippen LogP contribution in [0.1, 0.15) is 31.2 Å². The average Bonchev–Trinajstić information content (AvgIpc) is 2.88. The minimum absolute atomic E-state index is 0.461. The van der Waals surface area contributed by atoms with E-state index in [-0.39, 0.29) is 0 Å². The standard InChI is InChI=1S/C14H18BrF2N/c15-8-9-18(12-5-1-2-6-12)10-11-4-3-7-13(16)14(11)17/h3-4,7,12H,1-2,5-6,8-10H2. The average molecular weight is 318 g/mol. The lowest BCUT2D eigenvalue weighted by Crippen LogP contribution is -2.34. The van der Waals surface area contributed by atoms with Crippen molar-refractivity contribution in [3.05, 3.63) is 35.4 Å². The molecule has 0 unspecified atom stereocenters. The van der Waals surface area contributed by atoms with Crippen molar-refractivity contribution in [2.45, 2.75) is 38.3 Å². The van der Waals surface area contributed by atoms with Crippen molar-refractivity contribution in [2.24, 2.45) is 0 Å². The van der Waals surface area contributed by atoms with Crippen LogP contribution in [0.4, 0.5) is 8.78 Å². The molecular formula is C14H18BrF2N. The van der Waals surface area contributed by atoms with Crippen molar-refractivity contribution in [3.63, 3.8) is 0 Å². The Morgan fingerprint density at radius 2 is 1.94 bits per heavy atom. The Kier molecular flexibility index (Phi) is 5.13. The molecule has 0 N–H and O–H groups in total. The largest absolute Gasteiger partial charge is 0.295 e. The van der Waals surface area contributed by atoms with Gasteiger partial charge in [0.25, 0.3) is 0 Å². The fraction of sp³-hybridized carbons (Fsp3) is 0.571. The van der Waals surface area contributed by atoms with Crippen molar-refractivity contribution < 1.29 is 8.78 Å². The number of benzene rings is 1. The molecule has 1 aromatic rings. The van der Waals surface area contributed by atoms with Gasteiger partial charge in [0.2, 0.25) is 0 Å². The van der Waals surface area contributed by atoms with Gasteiger partial charge in [0.1, 0.15) is 0 Å². The van der Waals surface area contributed by atoms with Crippen LogP contribution in [0.2, 0.25) is 0 Å². The second kappa shape index (κ2) is 6.62. The Bertz CT molecular complexity index is 391. The number of hydrogen-bond acceptors (Lipinski definition) is 1. The number of alkyl halides is 1. The lowest BCUT2D eigenvalue weighted by atomic mass is 10.1. The third-order valence-electron chi connectivity index (χ3n) is 3.62. The van der Waals surface area contributed by atoms with Gasteiger partial charge in [0, 0.05) is 30.0 Å². The molecule has 2 rings (SSSR count). The Hall–Kier alpha value is -0.480. The van der Waals surface area contributed by atoms with E-state index in [2.05, 4.69) is 20.8 Å². The van der Waals surface area contributed by atoms with Gasteiger partial charge in [-0.05, 0) is 18.9 Å². The molecule has 0 saturated heterocycles. The highest BCUT2D eigenvalue weighted by Crippen LogP contribution is 2.25. The van der Waals surface area contributed by atoms with Crippen LogP contribution in [-0.4, -0.2) is 22.8 Å². The predicted octanol–water partition coefficient (Wildman–Crippen LogP) is 4.10. The quantitative estimate of drug-likeness (QED) is 0.739. The Labute approximate surface area is 115 Å². The highest BCUT2D eigenvalue weighted by molar-refractivity contribution is 9.09. The molecule has 1 aliphatic carbocycles. The van der Waals surface area contributed by atoms with Crippen molar-refractivity contribution in [1.82, 2.24) is 4.90 Å². The highest BCUT2D eigenvalue weighted by Gasteiger charge is 2.23. The van der Waals surface area contributed by atoms with Crippen molar-refractivity contribution in [3.8, 4) is 0 Å². The van der Waals surface area contributed by atoms with Crippen molar-refractivity contribution in [1.29, 1.82) is 0 Å². The first-order valence-electron chi connectivity index (χ1n) is 6.45. The van der Waals surface area contributed by atoms with Crippen LogP contribution < -0.4 is 0 Å². The molecule has 0 spiro atoms. The molecule has 1 aliphatic rings. The van der Waals surface area contributed by atoms with Crippen molar-refractivity contribution >= 4 is 15.9 Å². The van der Waals surface area contributed by atoms with Gasteiger partial charge in [0.05, 0.1) is 0 Å². The topological polar surface area (TPSA) is 3.24 Å². The van der Waals surface area contributed by atoms with Crippen LogP contribution >= 0.6 is 15.9 Å². The van der Waals surface area contributed by atoms with Gasteiger partial charge in [-0.3, -0.25) is 4.90 Å². The molecule has 0 bridgehead atoms. The molecule has 0 atom stereocenters. The molecule has 1 aromatic carbocycles. The molecule has 1 saturated carbocycles. The molecule has 1 fully saturated rings. The molecule has 0 heterocycles. The van der Waals surface area contributed by atoms with Crippen molar-refractivity contribution in [2.75, 3.05) is 11.9 Å². The summed E-state index contributed by atoms with van der Waals surface area (Å²) in [5, 5.41) is 0.862. The van der Waals surface area contributed by atoms with Crippen LogP contribution in [0, 0.1) is 11.6 Å². The first kappa shape index (κ1) is 13.9. The van der Waals surface area contributed by atoms with E-state index in [0.29, 0.717) is 18.2 Å². The zero-order valence-corrected chi connectivity index (χ0v) is 11.9. The summed E-state index contributed by atoms with van der Waals surface area (Å²) in [6.45, 7) is 1.38. The number of hydrogen-bond donors (Lipinski definition) is 0. The Balaban J connectivity index is 2.10. The fourth-order valence-corrected chi connectivity index (χ4v) is 3.11. The van der Waals surface area contributed by atoms with E-state index < -0.39 is 11.6 Å². The molecule has 18 heavy (non-hydrogen) atoms. The minimum atomic E-state index is -0.752. The summed E-state index contributed by atoms with van der Waals surface area (Å²) in [6.07, 6.45) is 4.83. The van der Waals surface area contributed by atoms with E-state index in [4.69, 9.17) is 0 Å². The molecule has 0 amide bonds. The van der Waals surface area contributed by atoms with Crippen LogP contribution in [-0.2, 0) is 6.54 Å². The van der Waals surface area contributed by atoms with Gasteiger partial charge in [-0.25, -0.2) is 8.78 Å². The van der Waals surface area contributed by atoms with E-state index in [1.54, 1.807) is 12.1 Å². The normalized spacial score (nSPS) is 16.7.